The maximum atomic E-state index is 14.1. The average molecular weight is 455 g/mol. The highest BCUT2D eigenvalue weighted by Crippen LogP contribution is 2.39. The molecule has 176 valence electrons. The molecular formula is C22H28F3N3O4. The third-order valence-corrected chi connectivity index (χ3v) is 6.26. The number of halogens is 3. The summed E-state index contributed by atoms with van der Waals surface area (Å²) in [5.41, 5.74) is -3.63. The van der Waals surface area contributed by atoms with Crippen molar-refractivity contribution in [2.24, 2.45) is 11.8 Å². The first-order valence-electron chi connectivity index (χ1n) is 10.7. The van der Waals surface area contributed by atoms with Crippen molar-refractivity contribution in [2.45, 2.75) is 70.9 Å². The van der Waals surface area contributed by atoms with Gasteiger partial charge in [0, 0.05) is 11.6 Å². The zero-order chi connectivity index (χ0) is 23.8. The summed E-state index contributed by atoms with van der Waals surface area (Å²) in [5.74, 6) is -2.21. The van der Waals surface area contributed by atoms with Crippen LogP contribution >= 0.6 is 0 Å². The molecule has 1 aliphatic carbocycles. The molecule has 1 saturated carbocycles. The quantitative estimate of drug-likeness (QED) is 0.661. The van der Waals surface area contributed by atoms with E-state index >= 15 is 0 Å². The molecule has 3 rings (SSSR count). The number of amides is 4. The van der Waals surface area contributed by atoms with Crippen molar-refractivity contribution in [1.29, 1.82) is 0 Å². The summed E-state index contributed by atoms with van der Waals surface area (Å²) in [5, 5.41) is 3.49. The van der Waals surface area contributed by atoms with Gasteiger partial charge in [-0.3, -0.25) is 19.8 Å². The summed E-state index contributed by atoms with van der Waals surface area (Å²) < 4.78 is 47.9. The minimum Gasteiger partial charge on any atom is -0.491 e. The van der Waals surface area contributed by atoms with E-state index in [1.54, 1.807) is 10.6 Å². The highest BCUT2D eigenvalue weighted by atomic mass is 19.4. The average Bonchev–Trinajstić information content (AvgIpc) is 2.95. The van der Waals surface area contributed by atoms with E-state index in [1.165, 1.54) is 24.3 Å². The first-order chi connectivity index (χ1) is 14.9. The third-order valence-electron chi connectivity index (χ3n) is 6.26. The number of urea groups is 1. The Morgan fingerprint density at radius 3 is 2.38 bits per heavy atom. The van der Waals surface area contributed by atoms with Gasteiger partial charge >= 0.3 is 12.2 Å². The fourth-order valence-corrected chi connectivity index (χ4v) is 4.31. The lowest BCUT2D eigenvalue weighted by molar-refractivity contribution is -0.201. The molecule has 4 atom stereocenters. The van der Waals surface area contributed by atoms with E-state index in [9.17, 15) is 27.6 Å². The van der Waals surface area contributed by atoms with E-state index < -0.39 is 35.7 Å². The summed E-state index contributed by atoms with van der Waals surface area (Å²) in [6.07, 6.45) is -3.37. The molecule has 1 aromatic carbocycles. The zero-order valence-corrected chi connectivity index (χ0v) is 18.5. The van der Waals surface area contributed by atoms with Gasteiger partial charge in [-0.05, 0) is 56.4 Å². The van der Waals surface area contributed by atoms with Crippen LogP contribution in [0.2, 0.25) is 0 Å². The normalized spacial score (nSPS) is 28.6. The largest absolute Gasteiger partial charge is 0.491 e. The van der Waals surface area contributed by atoms with Gasteiger partial charge in [0.05, 0.1) is 6.10 Å². The number of rotatable bonds is 5. The number of ether oxygens (including phenoxy) is 1. The smallest absolute Gasteiger partial charge is 0.440 e. The van der Waals surface area contributed by atoms with Gasteiger partial charge in [0.2, 0.25) is 0 Å². The Morgan fingerprint density at radius 2 is 1.81 bits per heavy atom. The van der Waals surface area contributed by atoms with E-state index in [-0.39, 0.29) is 23.5 Å². The number of nitrogens with zero attached hydrogens (tertiary/aromatic N) is 1. The molecule has 0 bridgehead atoms. The molecule has 1 aliphatic heterocycles. The zero-order valence-electron chi connectivity index (χ0n) is 18.5. The predicted molar refractivity (Wildman–Crippen MR) is 110 cm³/mol. The molecule has 0 aromatic heterocycles. The third kappa shape index (κ3) is 4.27. The minimum atomic E-state index is -5.24. The van der Waals surface area contributed by atoms with Gasteiger partial charge in [0.25, 0.3) is 17.5 Å². The van der Waals surface area contributed by atoms with Crippen molar-refractivity contribution >= 4 is 17.8 Å². The van der Waals surface area contributed by atoms with Crippen molar-refractivity contribution in [3.63, 3.8) is 0 Å². The van der Waals surface area contributed by atoms with Crippen LogP contribution in [-0.4, -0.2) is 46.7 Å². The summed E-state index contributed by atoms with van der Waals surface area (Å²) in [6, 6.07) is 3.66. The molecule has 2 N–H and O–H groups in total. The summed E-state index contributed by atoms with van der Waals surface area (Å²) >= 11 is 0. The maximum absolute atomic E-state index is 14.1. The fraction of sp³-hybridized carbons (Fsp3) is 0.591. The fourth-order valence-electron chi connectivity index (χ4n) is 4.31. The van der Waals surface area contributed by atoms with Gasteiger partial charge < -0.3 is 10.1 Å². The lowest BCUT2D eigenvalue weighted by Gasteiger charge is -2.38. The predicted octanol–water partition coefficient (Wildman–Crippen LogP) is 3.84. The molecule has 0 unspecified atom stereocenters. The number of alkyl halides is 3. The molecule has 1 aromatic rings. The molecule has 2 aliphatic rings. The van der Waals surface area contributed by atoms with Gasteiger partial charge in [-0.15, -0.1) is 0 Å². The highest BCUT2D eigenvalue weighted by Gasteiger charge is 2.69. The molecule has 7 nitrogen and oxygen atoms in total. The SMILES string of the molecule is CC(C)Oc1ccc(C(=O)N[C@@]2(C(F)(F)F)NC(=O)N([C@H]3CCC[C@H](C)[C@H]3C)C2=O)cc1. The van der Waals surface area contributed by atoms with Crippen LogP contribution < -0.4 is 15.4 Å². The number of nitrogens with one attached hydrogen (secondary N) is 2. The van der Waals surface area contributed by atoms with Crippen molar-refractivity contribution in [1.82, 2.24) is 15.5 Å². The molecule has 0 spiro atoms. The van der Waals surface area contributed by atoms with Crippen LogP contribution in [0.25, 0.3) is 0 Å². The Hall–Kier alpha value is -2.78. The van der Waals surface area contributed by atoms with Crippen molar-refractivity contribution < 1.29 is 32.3 Å². The Labute approximate surface area is 184 Å². The maximum Gasteiger partial charge on any atom is 0.440 e. The van der Waals surface area contributed by atoms with E-state index in [0.717, 1.165) is 6.42 Å². The second-order valence-electron chi connectivity index (χ2n) is 8.83. The number of carbonyl (C=O) groups excluding carboxylic acids is 3. The summed E-state index contributed by atoms with van der Waals surface area (Å²) in [4.78, 5) is 39.0. The molecule has 32 heavy (non-hydrogen) atoms. The lowest BCUT2D eigenvalue weighted by atomic mass is 9.77. The second kappa shape index (κ2) is 8.63. The Bertz CT molecular complexity index is 887. The Kier molecular flexibility index (Phi) is 6.44. The summed E-state index contributed by atoms with van der Waals surface area (Å²) in [6.45, 7) is 7.38. The molecule has 10 heteroatoms. The van der Waals surface area contributed by atoms with Gasteiger partial charge in [-0.2, -0.15) is 13.2 Å². The first kappa shape index (κ1) is 23.9. The van der Waals surface area contributed by atoms with E-state index in [4.69, 9.17) is 4.74 Å². The number of imide groups is 1. The standard InChI is InChI=1S/C22H28F3N3O4/c1-12(2)32-16-10-8-15(9-11-16)18(29)26-21(22(23,24)25)19(30)28(20(31)27-21)17-7-5-6-13(3)14(17)4/h8-14,17H,5-7H2,1-4H3,(H,26,29)(H,27,31)/t13-,14+,17-,21+/m0/s1. The number of hydrogen-bond donors (Lipinski definition) is 2. The molecule has 2 fully saturated rings. The summed E-state index contributed by atoms with van der Waals surface area (Å²) in [7, 11) is 0. The number of hydrogen-bond acceptors (Lipinski definition) is 4. The van der Waals surface area contributed by atoms with Crippen LogP contribution in [0.5, 0.6) is 5.75 Å². The Morgan fingerprint density at radius 1 is 1.19 bits per heavy atom. The number of carbonyl (C=O) groups is 3. The van der Waals surface area contributed by atoms with E-state index in [0.29, 0.717) is 23.5 Å². The van der Waals surface area contributed by atoms with Crippen LogP contribution in [0, 0.1) is 11.8 Å². The molecule has 1 heterocycles. The van der Waals surface area contributed by atoms with E-state index in [2.05, 4.69) is 0 Å². The lowest BCUT2D eigenvalue weighted by Crippen LogP contribution is -2.69. The topological polar surface area (TPSA) is 87.7 Å². The van der Waals surface area contributed by atoms with Gasteiger partial charge in [0.1, 0.15) is 5.75 Å². The highest BCUT2D eigenvalue weighted by molar-refractivity contribution is 6.10. The van der Waals surface area contributed by atoms with Crippen LogP contribution in [-0.2, 0) is 4.79 Å². The second-order valence-corrected chi connectivity index (χ2v) is 8.83. The van der Waals surface area contributed by atoms with E-state index in [1.807, 2.05) is 27.7 Å². The first-order valence-corrected chi connectivity index (χ1v) is 10.7. The van der Waals surface area contributed by atoms with Crippen LogP contribution in [0.3, 0.4) is 0 Å². The Balaban J connectivity index is 1.88. The molecule has 4 amide bonds. The van der Waals surface area contributed by atoms with Crippen LogP contribution in [0.15, 0.2) is 24.3 Å². The molecule has 1 saturated heterocycles. The minimum absolute atomic E-state index is 0.107. The van der Waals surface area contributed by atoms with Crippen molar-refractivity contribution in [3.8, 4) is 5.75 Å². The van der Waals surface area contributed by atoms with Gasteiger partial charge in [-0.25, -0.2) is 4.79 Å². The molecule has 0 radical (unpaired) electrons. The van der Waals surface area contributed by atoms with Crippen molar-refractivity contribution in [3.05, 3.63) is 29.8 Å². The monoisotopic (exact) mass is 455 g/mol. The van der Waals surface area contributed by atoms with Gasteiger partial charge in [0.15, 0.2) is 0 Å². The van der Waals surface area contributed by atoms with Crippen LogP contribution in [0.4, 0.5) is 18.0 Å². The number of benzene rings is 1. The van der Waals surface area contributed by atoms with Crippen molar-refractivity contribution in [2.75, 3.05) is 0 Å². The van der Waals surface area contributed by atoms with Gasteiger partial charge in [-0.1, -0.05) is 26.7 Å². The molecular weight excluding hydrogens is 427 g/mol. The van der Waals surface area contributed by atoms with Crippen LogP contribution in [0.1, 0.15) is 57.3 Å².